The third-order valence-corrected chi connectivity index (χ3v) is 2.92. The van der Waals surface area contributed by atoms with Gasteiger partial charge in [0, 0.05) is 13.0 Å². The van der Waals surface area contributed by atoms with Crippen LogP contribution in [0.4, 0.5) is 0 Å². The molecule has 2 rings (SSSR count). The first-order valence-electron chi connectivity index (χ1n) is 6.80. The molecule has 0 aromatic heterocycles. The Balaban J connectivity index is 1.81. The average molecular weight is 272 g/mol. The van der Waals surface area contributed by atoms with Crippen molar-refractivity contribution in [1.29, 1.82) is 0 Å². The summed E-state index contributed by atoms with van der Waals surface area (Å²) in [5.41, 5.74) is 2.19. The van der Waals surface area contributed by atoms with E-state index in [0.717, 1.165) is 11.1 Å². The quantitative estimate of drug-likeness (QED) is 0.750. The van der Waals surface area contributed by atoms with Crippen LogP contribution in [0.1, 0.15) is 17.5 Å². The summed E-state index contributed by atoms with van der Waals surface area (Å²) in [5, 5.41) is 9.07. The molecule has 3 heteroatoms. The molecule has 0 radical (unpaired) electrons. The van der Waals surface area contributed by atoms with Gasteiger partial charge in [-0.05, 0) is 11.1 Å². The van der Waals surface area contributed by atoms with Crippen molar-refractivity contribution in [2.24, 2.45) is 0 Å². The maximum atomic E-state index is 9.07. The first-order valence-corrected chi connectivity index (χ1v) is 6.80. The van der Waals surface area contributed by atoms with Crippen molar-refractivity contribution in [3.05, 3.63) is 71.8 Å². The van der Waals surface area contributed by atoms with Crippen molar-refractivity contribution in [2.75, 3.05) is 6.61 Å². The van der Waals surface area contributed by atoms with Gasteiger partial charge in [0.15, 0.2) is 6.29 Å². The number of hydrogen-bond acceptors (Lipinski definition) is 3. The summed E-state index contributed by atoms with van der Waals surface area (Å²) in [4.78, 5) is 0. The van der Waals surface area contributed by atoms with Gasteiger partial charge in [-0.3, -0.25) is 0 Å². The van der Waals surface area contributed by atoms with E-state index in [1.165, 1.54) is 0 Å². The van der Waals surface area contributed by atoms with Gasteiger partial charge in [0.2, 0.25) is 0 Å². The lowest BCUT2D eigenvalue weighted by atomic mass is 10.2. The highest BCUT2D eigenvalue weighted by molar-refractivity contribution is 5.14. The van der Waals surface area contributed by atoms with Gasteiger partial charge < -0.3 is 14.6 Å². The highest BCUT2D eigenvalue weighted by Gasteiger charge is 2.09. The van der Waals surface area contributed by atoms with E-state index in [4.69, 9.17) is 14.6 Å². The van der Waals surface area contributed by atoms with E-state index in [-0.39, 0.29) is 12.9 Å². The van der Waals surface area contributed by atoms with Crippen molar-refractivity contribution >= 4 is 0 Å². The molecule has 0 aliphatic heterocycles. The van der Waals surface area contributed by atoms with Crippen LogP contribution in [-0.2, 0) is 22.7 Å². The Morgan fingerprint density at radius 1 is 0.750 bits per heavy atom. The lowest BCUT2D eigenvalue weighted by Crippen LogP contribution is -2.18. The van der Waals surface area contributed by atoms with E-state index < -0.39 is 0 Å². The SMILES string of the molecule is OCCC(OCc1ccccc1)OCc1ccccc1. The van der Waals surface area contributed by atoms with Gasteiger partial charge in [0.05, 0.1) is 13.2 Å². The van der Waals surface area contributed by atoms with Gasteiger partial charge >= 0.3 is 0 Å². The average Bonchev–Trinajstić information content (AvgIpc) is 2.52. The number of benzene rings is 2. The molecule has 3 nitrogen and oxygen atoms in total. The molecule has 20 heavy (non-hydrogen) atoms. The standard InChI is InChI=1S/C17H20O3/c18-12-11-17(19-13-15-7-3-1-4-8-15)20-14-16-9-5-2-6-10-16/h1-10,17-18H,11-14H2. The number of aliphatic hydroxyl groups excluding tert-OH is 1. The second kappa shape index (κ2) is 8.48. The summed E-state index contributed by atoms with van der Waals surface area (Å²) in [6, 6.07) is 19.9. The molecular weight excluding hydrogens is 252 g/mol. The van der Waals surface area contributed by atoms with Gasteiger partial charge in [-0.2, -0.15) is 0 Å². The van der Waals surface area contributed by atoms with Crippen LogP contribution in [0.15, 0.2) is 60.7 Å². The second-order valence-corrected chi connectivity index (χ2v) is 4.54. The summed E-state index contributed by atoms with van der Waals surface area (Å²) in [6.07, 6.45) is 0.0834. The van der Waals surface area contributed by atoms with Gasteiger partial charge in [-0.1, -0.05) is 60.7 Å². The smallest absolute Gasteiger partial charge is 0.160 e. The molecule has 0 atom stereocenters. The van der Waals surface area contributed by atoms with Crippen LogP contribution in [0.3, 0.4) is 0 Å². The van der Waals surface area contributed by atoms with Gasteiger partial charge in [-0.15, -0.1) is 0 Å². The molecule has 2 aromatic rings. The largest absolute Gasteiger partial charge is 0.396 e. The molecule has 0 aliphatic carbocycles. The molecule has 0 spiro atoms. The normalized spacial score (nSPS) is 10.9. The van der Waals surface area contributed by atoms with Crippen molar-refractivity contribution < 1.29 is 14.6 Å². The first-order chi connectivity index (χ1) is 9.88. The summed E-state index contributed by atoms with van der Waals surface area (Å²) in [7, 11) is 0. The van der Waals surface area contributed by atoms with Crippen LogP contribution in [0, 0.1) is 0 Å². The van der Waals surface area contributed by atoms with Crippen LogP contribution in [0.25, 0.3) is 0 Å². The van der Waals surface area contributed by atoms with E-state index in [1.807, 2.05) is 60.7 Å². The van der Waals surface area contributed by atoms with Crippen LogP contribution >= 0.6 is 0 Å². The lowest BCUT2D eigenvalue weighted by Gasteiger charge is -2.18. The fraction of sp³-hybridized carbons (Fsp3) is 0.294. The molecule has 0 fully saturated rings. The van der Waals surface area contributed by atoms with Gasteiger partial charge in [-0.25, -0.2) is 0 Å². The molecule has 0 amide bonds. The summed E-state index contributed by atoms with van der Waals surface area (Å²) >= 11 is 0. The van der Waals surface area contributed by atoms with Gasteiger partial charge in [0.25, 0.3) is 0 Å². The Hall–Kier alpha value is -1.68. The van der Waals surface area contributed by atoms with Crippen LogP contribution < -0.4 is 0 Å². The molecule has 0 saturated carbocycles. The minimum atomic E-state index is -0.389. The fourth-order valence-corrected chi connectivity index (χ4v) is 1.85. The van der Waals surface area contributed by atoms with E-state index >= 15 is 0 Å². The monoisotopic (exact) mass is 272 g/mol. The Morgan fingerprint density at radius 2 is 1.20 bits per heavy atom. The predicted octanol–water partition coefficient (Wildman–Crippen LogP) is 3.13. The molecule has 0 aliphatic rings. The van der Waals surface area contributed by atoms with Crippen LogP contribution in [0.5, 0.6) is 0 Å². The van der Waals surface area contributed by atoms with Crippen molar-refractivity contribution in [3.8, 4) is 0 Å². The van der Waals surface area contributed by atoms with Crippen molar-refractivity contribution in [1.82, 2.24) is 0 Å². The van der Waals surface area contributed by atoms with Crippen molar-refractivity contribution in [3.63, 3.8) is 0 Å². The summed E-state index contributed by atoms with van der Waals surface area (Å²) < 4.78 is 11.4. The Bertz CT molecular complexity index is 427. The Morgan fingerprint density at radius 3 is 1.60 bits per heavy atom. The number of hydrogen-bond donors (Lipinski definition) is 1. The van der Waals surface area contributed by atoms with Gasteiger partial charge in [0.1, 0.15) is 0 Å². The fourth-order valence-electron chi connectivity index (χ4n) is 1.85. The van der Waals surface area contributed by atoms with Crippen molar-refractivity contribution in [2.45, 2.75) is 25.9 Å². The zero-order valence-corrected chi connectivity index (χ0v) is 11.4. The Kier molecular flexibility index (Phi) is 6.24. The zero-order chi connectivity index (χ0) is 14.0. The minimum absolute atomic E-state index is 0.0498. The molecule has 0 saturated heterocycles. The molecular formula is C17H20O3. The highest BCUT2D eigenvalue weighted by atomic mass is 16.7. The molecule has 0 heterocycles. The number of aliphatic hydroxyl groups is 1. The van der Waals surface area contributed by atoms with E-state index in [9.17, 15) is 0 Å². The molecule has 0 bridgehead atoms. The number of rotatable bonds is 8. The summed E-state index contributed by atoms with van der Waals surface area (Å²) in [6.45, 7) is 1.02. The maximum absolute atomic E-state index is 9.07. The zero-order valence-electron chi connectivity index (χ0n) is 11.4. The molecule has 2 aromatic carbocycles. The number of ether oxygens (including phenoxy) is 2. The molecule has 1 N–H and O–H groups in total. The predicted molar refractivity (Wildman–Crippen MR) is 78.0 cm³/mol. The molecule has 106 valence electrons. The van der Waals surface area contributed by atoms with E-state index in [2.05, 4.69) is 0 Å². The van der Waals surface area contributed by atoms with E-state index in [1.54, 1.807) is 0 Å². The Labute approximate surface area is 119 Å². The maximum Gasteiger partial charge on any atom is 0.160 e. The second-order valence-electron chi connectivity index (χ2n) is 4.54. The third kappa shape index (κ3) is 5.13. The topological polar surface area (TPSA) is 38.7 Å². The highest BCUT2D eigenvalue weighted by Crippen LogP contribution is 2.10. The van der Waals surface area contributed by atoms with Crippen LogP contribution in [0.2, 0.25) is 0 Å². The minimum Gasteiger partial charge on any atom is -0.396 e. The lowest BCUT2D eigenvalue weighted by molar-refractivity contribution is -0.163. The molecule has 0 unspecified atom stereocenters. The van der Waals surface area contributed by atoms with Crippen LogP contribution in [-0.4, -0.2) is 18.0 Å². The van der Waals surface area contributed by atoms with E-state index in [0.29, 0.717) is 19.6 Å². The summed E-state index contributed by atoms with van der Waals surface area (Å²) in [5.74, 6) is 0. The third-order valence-electron chi connectivity index (χ3n) is 2.92. The first kappa shape index (κ1) is 14.7.